The molecular weight excluding hydrogens is 466 g/mol. The number of carboxylic acids is 1. The number of aromatic nitrogens is 4. The van der Waals surface area contributed by atoms with E-state index in [1.54, 1.807) is 10.7 Å². The fourth-order valence-corrected chi connectivity index (χ4v) is 5.53. The zero-order valence-electron chi connectivity index (χ0n) is 20.7. The average molecular weight is 496 g/mol. The molecule has 1 aliphatic carbocycles. The van der Waals surface area contributed by atoms with Crippen molar-refractivity contribution in [1.82, 2.24) is 24.5 Å². The molecule has 1 saturated carbocycles. The molecule has 0 spiro atoms. The van der Waals surface area contributed by atoms with Crippen molar-refractivity contribution in [3.63, 3.8) is 0 Å². The van der Waals surface area contributed by atoms with Gasteiger partial charge in [0.2, 0.25) is 0 Å². The van der Waals surface area contributed by atoms with Gasteiger partial charge in [-0.1, -0.05) is 29.5 Å². The Morgan fingerprint density at radius 2 is 1.70 bits per heavy atom. The van der Waals surface area contributed by atoms with Crippen LogP contribution in [-0.4, -0.2) is 54.5 Å². The van der Waals surface area contributed by atoms with E-state index < -0.39 is 5.97 Å². The van der Waals surface area contributed by atoms with E-state index in [1.165, 1.54) is 6.42 Å². The lowest BCUT2D eigenvalue weighted by atomic mass is 10.0. The number of nitrogens with zero attached hydrogens (tertiary/aromatic N) is 5. The molecule has 1 unspecified atom stereocenters. The molecule has 2 fully saturated rings. The van der Waals surface area contributed by atoms with Crippen LogP contribution >= 0.6 is 0 Å². The largest absolute Gasteiger partial charge is 0.478 e. The van der Waals surface area contributed by atoms with Crippen molar-refractivity contribution < 1.29 is 14.7 Å². The molecule has 8 nitrogen and oxygen atoms in total. The summed E-state index contributed by atoms with van der Waals surface area (Å²) in [6.07, 6.45) is 7.87. The van der Waals surface area contributed by atoms with Crippen molar-refractivity contribution in [2.75, 3.05) is 13.1 Å². The highest BCUT2D eigenvalue weighted by Gasteiger charge is 2.45. The van der Waals surface area contributed by atoms with Crippen LogP contribution in [0.4, 0.5) is 0 Å². The maximum Gasteiger partial charge on any atom is 0.337 e. The summed E-state index contributed by atoms with van der Waals surface area (Å²) in [4.78, 5) is 27.1. The first-order chi connectivity index (χ1) is 18.0. The predicted octanol–water partition coefficient (Wildman–Crippen LogP) is 4.87. The Kier molecular flexibility index (Phi) is 5.87. The number of hydrogen-bond acceptors (Lipinski definition) is 4. The van der Waals surface area contributed by atoms with Gasteiger partial charge in [0.05, 0.1) is 11.3 Å². The van der Waals surface area contributed by atoms with E-state index in [0.29, 0.717) is 11.1 Å². The van der Waals surface area contributed by atoms with Crippen molar-refractivity contribution >= 4 is 11.9 Å². The summed E-state index contributed by atoms with van der Waals surface area (Å²) in [5.41, 5.74) is 5.51. The van der Waals surface area contributed by atoms with E-state index in [0.717, 1.165) is 60.6 Å². The van der Waals surface area contributed by atoms with Crippen molar-refractivity contribution in [2.45, 2.75) is 37.5 Å². The van der Waals surface area contributed by atoms with Crippen molar-refractivity contribution in [3.8, 4) is 16.8 Å². The van der Waals surface area contributed by atoms with E-state index in [-0.39, 0.29) is 17.7 Å². The number of rotatable bonds is 6. The predicted molar refractivity (Wildman–Crippen MR) is 139 cm³/mol. The fraction of sp³-hybridized carbons (Fsp3) is 0.310. The normalized spacial score (nSPS) is 19.1. The van der Waals surface area contributed by atoms with Crippen LogP contribution < -0.4 is 0 Å². The standard InChI is InChI=1S/C29H29N5O3/c1-32-18-26(30-31-32)24-17-25(24)27-23(29(36)37)11-14-34(27)22-10-6-8-20(16-22)19-7-5-9-21(15-19)28(35)33-12-3-2-4-13-33/h5-11,14-16,18,24-25H,2-4,12-13,17H2,1H3,(H,36,37)/t24?,25-/m1/s1. The molecule has 8 heteroatoms. The molecule has 0 bridgehead atoms. The second kappa shape index (κ2) is 9.35. The molecule has 2 aliphatic rings. The fourth-order valence-electron chi connectivity index (χ4n) is 5.53. The van der Waals surface area contributed by atoms with Gasteiger partial charge in [-0.05, 0) is 67.1 Å². The van der Waals surface area contributed by atoms with Crippen LogP contribution in [0.5, 0.6) is 0 Å². The van der Waals surface area contributed by atoms with E-state index in [9.17, 15) is 14.7 Å². The summed E-state index contributed by atoms with van der Waals surface area (Å²) in [5, 5.41) is 18.2. The van der Waals surface area contributed by atoms with Gasteiger partial charge in [0.25, 0.3) is 5.91 Å². The summed E-state index contributed by atoms with van der Waals surface area (Å²) in [6, 6.07) is 17.5. The highest BCUT2D eigenvalue weighted by molar-refractivity contribution is 5.95. The summed E-state index contributed by atoms with van der Waals surface area (Å²) in [7, 11) is 1.83. The van der Waals surface area contributed by atoms with Crippen LogP contribution in [-0.2, 0) is 7.05 Å². The Morgan fingerprint density at radius 3 is 2.43 bits per heavy atom. The van der Waals surface area contributed by atoms with Crippen LogP contribution in [0.3, 0.4) is 0 Å². The molecule has 1 aliphatic heterocycles. The first-order valence-electron chi connectivity index (χ1n) is 12.8. The minimum absolute atomic E-state index is 0.0620. The van der Waals surface area contributed by atoms with Gasteiger partial charge >= 0.3 is 5.97 Å². The van der Waals surface area contributed by atoms with Gasteiger partial charge < -0.3 is 14.6 Å². The third-order valence-electron chi connectivity index (χ3n) is 7.51. The maximum atomic E-state index is 13.1. The molecule has 6 rings (SSSR count). The van der Waals surface area contributed by atoms with Gasteiger partial charge in [-0.3, -0.25) is 9.48 Å². The molecule has 188 valence electrons. The number of hydrogen-bond donors (Lipinski definition) is 1. The smallest absolute Gasteiger partial charge is 0.337 e. The number of carbonyl (C=O) groups is 2. The third-order valence-corrected chi connectivity index (χ3v) is 7.51. The van der Waals surface area contributed by atoms with Crippen LogP contribution in [0.1, 0.15) is 69.6 Å². The van der Waals surface area contributed by atoms with E-state index in [1.807, 2.05) is 71.4 Å². The van der Waals surface area contributed by atoms with E-state index >= 15 is 0 Å². The number of carbonyl (C=O) groups excluding carboxylic acids is 1. The van der Waals surface area contributed by atoms with Crippen molar-refractivity contribution in [3.05, 3.63) is 89.5 Å². The quantitative estimate of drug-likeness (QED) is 0.412. The second-order valence-electron chi connectivity index (χ2n) is 10.0. The van der Waals surface area contributed by atoms with E-state index in [4.69, 9.17) is 0 Å². The lowest BCUT2D eigenvalue weighted by molar-refractivity contribution is 0.0693. The number of likely N-dealkylation sites (tertiary alicyclic amines) is 1. The van der Waals surface area contributed by atoms with Gasteiger partial charge in [-0.15, -0.1) is 5.10 Å². The first-order valence-corrected chi connectivity index (χ1v) is 12.8. The highest BCUT2D eigenvalue weighted by atomic mass is 16.4. The highest BCUT2D eigenvalue weighted by Crippen LogP contribution is 2.55. The minimum Gasteiger partial charge on any atom is -0.478 e. The molecule has 37 heavy (non-hydrogen) atoms. The number of carboxylic acid groups (broad SMARTS) is 1. The molecule has 1 amide bonds. The second-order valence-corrected chi connectivity index (χ2v) is 10.0. The number of aromatic carboxylic acids is 1. The van der Waals surface area contributed by atoms with Gasteiger partial charge in [0, 0.05) is 61.3 Å². The lowest BCUT2D eigenvalue weighted by Gasteiger charge is -2.26. The van der Waals surface area contributed by atoms with E-state index in [2.05, 4.69) is 16.4 Å². The summed E-state index contributed by atoms with van der Waals surface area (Å²) >= 11 is 0. The lowest BCUT2D eigenvalue weighted by Crippen LogP contribution is -2.35. The summed E-state index contributed by atoms with van der Waals surface area (Å²) in [5.74, 6) is -0.632. The molecule has 2 aromatic heterocycles. The van der Waals surface area contributed by atoms with Crippen LogP contribution in [0, 0.1) is 0 Å². The number of piperidine rings is 1. The SMILES string of the molecule is Cn1cc(C2C[C@H]2c2c(C(=O)O)ccn2-c2cccc(-c3cccc(C(=O)N4CCCCC4)c3)c2)nn1. The third kappa shape index (κ3) is 4.43. The van der Waals surface area contributed by atoms with Crippen molar-refractivity contribution in [1.29, 1.82) is 0 Å². The monoisotopic (exact) mass is 495 g/mol. The molecule has 1 saturated heterocycles. The molecular formula is C29H29N5O3. The number of aryl methyl sites for hydroxylation is 1. The average Bonchev–Trinajstić information content (AvgIpc) is 3.37. The Hall–Kier alpha value is -4.20. The van der Waals surface area contributed by atoms with Crippen LogP contribution in [0.15, 0.2) is 67.0 Å². The molecule has 1 N–H and O–H groups in total. The Morgan fingerprint density at radius 1 is 0.946 bits per heavy atom. The van der Waals surface area contributed by atoms with Crippen LogP contribution in [0.25, 0.3) is 16.8 Å². The molecule has 0 radical (unpaired) electrons. The van der Waals surface area contributed by atoms with Crippen molar-refractivity contribution in [2.24, 2.45) is 7.05 Å². The molecule has 2 atom stereocenters. The molecule has 2 aromatic carbocycles. The Bertz CT molecular complexity index is 1480. The van der Waals surface area contributed by atoms with Gasteiger partial charge in [-0.2, -0.15) is 0 Å². The van der Waals surface area contributed by atoms with Gasteiger partial charge in [0.15, 0.2) is 0 Å². The Labute approximate surface area is 215 Å². The maximum absolute atomic E-state index is 13.1. The zero-order chi connectivity index (χ0) is 25.5. The molecule has 3 heterocycles. The molecule has 4 aromatic rings. The number of benzene rings is 2. The summed E-state index contributed by atoms with van der Waals surface area (Å²) < 4.78 is 3.66. The minimum atomic E-state index is -0.932. The van der Waals surface area contributed by atoms with Gasteiger partial charge in [0.1, 0.15) is 0 Å². The summed E-state index contributed by atoms with van der Waals surface area (Å²) in [6.45, 7) is 1.63. The number of amides is 1. The topological polar surface area (TPSA) is 93.2 Å². The Balaban J connectivity index is 1.33. The first kappa shape index (κ1) is 23.2. The van der Waals surface area contributed by atoms with Gasteiger partial charge in [-0.25, -0.2) is 4.79 Å². The zero-order valence-corrected chi connectivity index (χ0v) is 20.7. The van der Waals surface area contributed by atoms with Crippen LogP contribution in [0.2, 0.25) is 0 Å².